The van der Waals surface area contributed by atoms with Gasteiger partial charge >= 0.3 is 0 Å². The molecule has 1 saturated heterocycles. The third-order valence-electron chi connectivity index (χ3n) is 4.39. The first-order valence-electron chi connectivity index (χ1n) is 7.62. The summed E-state index contributed by atoms with van der Waals surface area (Å²) in [4.78, 5) is 12.5. The number of hydrogen-bond acceptors (Lipinski definition) is 4. The molecular formula is C16H17N3O3S. The molecule has 1 fully saturated rings. The van der Waals surface area contributed by atoms with Crippen LogP contribution in [0.1, 0.15) is 6.42 Å². The highest BCUT2D eigenvalue weighted by Gasteiger charge is 2.36. The Bertz CT molecular complexity index is 883. The molecule has 2 aromatic carbocycles. The van der Waals surface area contributed by atoms with Gasteiger partial charge in [0.15, 0.2) is 0 Å². The van der Waals surface area contributed by atoms with Crippen molar-refractivity contribution < 1.29 is 13.2 Å². The Labute approximate surface area is 134 Å². The molecule has 120 valence electrons. The van der Waals surface area contributed by atoms with Gasteiger partial charge in [-0.25, -0.2) is 8.42 Å². The lowest BCUT2D eigenvalue weighted by atomic mass is 10.1. The molecule has 0 spiro atoms. The first kappa shape index (κ1) is 14.5. The molecule has 4 rings (SSSR count). The number of hydrogen-bond donors (Lipinski definition) is 2. The number of amides is 1. The van der Waals surface area contributed by atoms with Gasteiger partial charge in [-0.05, 0) is 30.5 Å². The average Bonchev–Trinajstić information content (AvgIpc) is 3.10. The van der Waals surface area contributed by atoms with Crippen LogP contribution in [-0.4, -0.2) is 40.0 Å². The average molecular weight is 331 g/mol. The smallest absolute Gasteiger partial charge is 0.265 e. The third-order valence-corrected chi connectivity index (χ3v) is 6.20. The molecule has 0 saturated carbocycles. The molecule has 2 aliphatic rings. The molecule has 2 heterocycles. The second kappa shape index (κ2) is 5.21. The summed E-state index contributed by atoms with van der Waals surface area (Å²) in [6.45, 7) is 1.42. The summed E-state index contributed by atoms with van der Waals surface area (Å²) in [6, 6.07) is 10.7. The van der Waals surface area contributed by atoms with Crippen LogP contribution < -0.4 is 14.9 Å². The number of nitrogens with zero attached hydrogens (tertiary/aromatic N) is 1. The van der Waals surface area contributed by atoms with Crippen molar-refractivity contribution in [2.45, 2.75) is 17.4 Å². The van der Waals surface area contributed by atoms with Gasteiger partial charge in [0.05, 0.1) is 10.6 Å². The molecule has 1 atom stereocenters. The second-order valence-electron chi connectivity index (χ2n) is 5.90. The van der Waals surface area contributed by atoms with Gasteiger partial charge in [-0.15, -0.1) is 0 Å². The van der Waals surface area contributed by atoms with E-state index in [0.29, 0.717) is 11.1 Å². The Hall–Kier alpha value is -2.12. The lowest BCUT2D eigenvalue weighted by Gasteiger charge is -2.19. The lowest BCUT2D eigenvalue weighted by molar-refractivity contribution is -0.120. The fourth-order valence-corrected chi connectivity index (χ4v) is 4.98. The van der Waals surface area contributed by atoms with Crippen molar-refractivity contribution in [2.24, 2.45) is 0 Å². The standard InChI is InChI=1S/C16H17N3O3S/c20-15(18-12-7-8-17-9-12)10-19-13-5-1-3-11-4-2-6-14(16(11)13)23(19,21)22/h1-6,12,17H,7-10H2,(H,18,20). The first-order valence-corrected chi connectivity index (χ1v) is 9.06. The van der Waals surface area contributed by atoms with Crippen molar-refractivity contribution in [3.05, 3.63) is 36.4 Å². The number of rotatable bonds is 3. The molecule has 2 aromatic rings. The van der Waals surface area contributed by atoms with Crippen molar-refractivity contribution in [1.82, 2.24) is 10.6 Å². The number of anilines is 1. The van der Waals surface area contributed by atoms with Crippen molar-refractivity contribution in [2.75, 3.05) is 23.9 Å². The quantitative estimate of drug-likeness (QED) is 0.873. The van der Waals surface area contributed by atoms with Gasteiger partial charge in [-0.1, -0.05) is 24.3 Å². The molecule has 6 nitrogen and oxygen atoms in total. The first-order chi connectivity index (χ1) is 11.1. The highest BCUT2D eigenvalue weighted by Crippen LogP contribution is 2.41. The zero-order chi connectivity index (χ0) is 16.0. The SMILES string of the molecule is O=C(CN1c2cccc3cccc(c23)S1(=O)=O)NC1CCNC1. The number of sulfonamides is 1. The highest BCUT2D eigenvalue weighted by atomic mass is 32.2. The van der Waals surface area contributed by atoms with Crippen LogP contribution in [0.2, 0.25) is 0 Å². The molecule has 2 N–H and O–H groups in total. The topological polar surface area (TPSA) is 78.5 Å². The molecule has 0 bridgehead atoms. The van der Waals surface area contributed by atoms with Gasteiger partial charge in [0.25, 0.3) is 10.0 Å². The molecule has 0 aromatic heterocycles. The van der Waals surface area contributed by atoms with Crippen LogP contribution in [0.5, 0.6) is 0 Å². The van der Waals surface area contributed by atoms with Gasteiger partial charge in [0.2, 0.25) is 5.91 Å². The zero-order valence-corrected chi connectivity index (χ0v) is 13.3. The summed E-state index contributed by atoms with van der Waals surface area (Å²) in [5, 5.41) is 7.63. The van der Waals surface area contributed by atoms with Crippen LogP contribution in [0.3, 0.4) is 0 Å². The van der Waals surface area contributed by atoms with E-state index in [1.54, 1.807) is 18.2 Å². The van der Waals surface area contributed by atoms with E-state index < -0.39 is 10.0 Å². The van der Waals surface area contributed by atoms with Crippen molar-refractivity contribution in [1.29, 1.82) is 0 Å². The Morgan fingerprint density at radius 2 is 2.04 bits per heavy atom. The molecule has 23 heavy (non-hydrogen) atoms. The fraction of sp³-hybridized carbons (Fsp3) is 0.312. The molecular weight excluding hydrogens is 314 g/mol. The Morgan fingerprint density at radius 3 is 2.78 bits per heavy atom. The molecule has 2 aliphatic heterocycles. The van der Waals surface area contributed by atoms with Crippen LogP contribution in [0.15, 0.2) is 41.3 Å². The predicted octanol–water partition coefficient (Wildman–Crippen LogP) is 0.827. The highest BCUT2D eigenvalue weighted by molar-refractivity contribution is 7.93. The van der Waals surface area contributed by atoms with E-state index in [-0.39, 0.29) is 23.4 Å². The normalized spacial score (nSPS) is 21.7. The number of carbonyl (C=O) groups is 1. The minimum atomic E-state index is -3.67. The molecule has 1 amide bonds. The molecule has 0 radical (unpaired) electrons. The summed E-state index contributed by atoms with van der Waals surface area (Å²) in [6.07, 6.45) is 0.869. The van der Waals surface area contributed by atoms with Crippen molar-refractivity contribution in [3.63, 3.8) is 0 Å². The Balaban J connectivity index is 1.67. The minimum Gasteiger partial charge on any atom is -0.350 e. The van der Waals surface area contributed by atoms with Crippen molar-refractivity contribution in [3.8, 4) is 0 Å². The van der Waals surface area contributed by atoms with Gasteiger partial charge in [-0.2, -0.15) is 0 Å². The van der Waals surface area contributed by atoms with E-state index in [1.807, 2.05) is 18.2 Å². The maximum atomic E-state index is 12.8. The van der Waals surface area contributed by atoms with Crippen LogP contribution in [0, 0.1) is 0 Å². The number of carbonyl (C=O) groups excluding carboxylic acids is 1. The summed E-state index contributed by atoms with van der Waals surface area (Å²) in [5.41, 5.74) is 0.581. The Morgan fingerprint density at radius 1 is 1.26 bits per heavy atom. The van der Waals surface area contributed by atoms with Crippen LogP contribution >= 0.6 is 0 Å². The number of benzene rings is 2. The monoisotopic (exact) mass is 331 g/mol. The largest absolute Gasteiger partial charge is 0.350 e. The predicted molar refractivity (Wildman–Crippen MR) is 87.9 cm³/mol. The van der Waals surface area contributed by atoms with Gasteiger partial charge in [0, 0.05) is 18.0 Å². The molecule has 1 unspecified atom stereocenters. The molecule has 0 aliphatic carbocycles. The van der Waals surface area contributed by atoms with E-state index in [0.717, 1.165) is 24.9 Å². The van der Waals surface area contributed by atoms with E-state index in [2.05, 4.69) is 10.6 Å². The number of nitrogens with one attached hydrogen (secondary N) is 2. The van der Waals surface area contributed by atoms with Crippen LogP contribution in [0.4, 0.5) is 5.69 Å². The van der Waals surface area contributed by atoms with Crippen LogP contribution in [0.25, 0.3) is 10.8 Å². The summed E-state index contributed by atoms with van der Waals surface area (Å²) < 4.78 is 26.8. The molecule has 7 heteroatoms. The van der Waals surface area contributed by atoms with Crippen molar-refractivity contribution >= 4 is 32.4 Å². The van der Waals surface area contributed by atoms with Crippen LogP contribution in [-0.2, 0) is 14.8 Å². The fourth-order valence-electron chi connectivity index (χ4n) is 3.31. The minimum absolute atomic E-state index is 0.0750. The van der Waals surface area contributed by atoms with E-state index >= 15 is 0 Å². The van der Waals surface area contributed by atoms with E-state index in [1.165, 1.54) is 4.31 Å². The van der Waals surface area contributed by atoms with Gasteiger partial charge < -0.3 is 10.6 Å². The summed E-state index contributed by atoms with van der Waals surface area (Å²) in [7, 11) is -3.67. The zero-order valence-electron chi connectivity index (χ0n) is 12.5. The summed E-state index contributed by atoms with van der Waals surface area (Å²) >= 11 is 0. The third kappa shape index (κ3) is 2.27. The second-order valence-corrected chi connectivity index (χ2v) is 7.73. The van der Waals surface area contributed by atoms with E-state index in [9.17, 15) is 13.2 Å². The van der Waals surface area contributed by atoms with Gasteiger partial charge in [0.1, 0.15) is 6.54 Å². The van der Waals surface area contributed by atoms with E-state index in [4.69, 9.17) is 0 Å². The maximum absolute atomic E-state index is 12.8. The van der Waals surface area contributed by atoms with Gasteiger partial charge in [-0.3, -0.25) is 9.10 Å². The lowest BCUT2D eigenvalue weighted by Crippen LogP contribution is -2.43. The Kier molecular flexibility index (Phi) is 3.28. The summed E-state index contributed by atoms with van der Waals surface area (Å²) in [5.74, 6) is -0.271. The maximum Gasteiger partial charge on any atom is 0.265 e.